The molecule has 0 saturated heterocycles. The van der Waals surface area contributed by atoms with Gasteiger partial charge in [-0.1, -0.05) is 121 Å². The quantitative estimate of drug-likeness (QED) is 0.225. The Bertz CT molecular complexity index is 2490. The zero-order valence-corrected chi connectivity index (χ0v) is 24.3. The Labute approximate surface area is 257 Å². The average Bonchev–Trinajstić information content (AvgIpc) is 3.67. The molecule has 206 valence electrons. The first-order valence-electron chi connectivity index (χ1n) is 14.6. The SMILES string of the molecule is c1ccc(-c2nnnc(-c3ccc4c([nH]c5ccccc54)c3-c3cccc4sc5ccccc5c34)c2-c2ccccc2)cc1. The Morgan fingerprint density at radius 3 is 1.98 bits per heavy atom. The topological polar surface area (TPSA) is 54.5 Å². The second-order valence-corrected chi connectivity index (χ2v) is 12.0. The molecule has 9 rings (SSSR count). The summed E-state index contributed by atoms with van der Waals surface area (Å²) in [5.41, 5.74) is 10.1. The van der Waals surface area contributed by atoms with E-state index in [2.05, 4.69) is 131 Å². The number of hydrogen-bond donors (Lipinski definition) is 1. The third kappa shape index (κ3) is 3.80. The molecule has 0 aliphatic carbocycles. The van der Waals surface area contributed by atoms with E-state index in [4.69, 9.17) is 5.10 Å². The molecule has 0 aliphatic heterocycles. The van der Waals surface area contributed by atoms with Crippen LogP contribution in [-0.2, 0) is 0 Å². The van der Waals surface area contributed by atoms with Crippen LogP contribution in [0.5, 0.6) is 0 Å². The summed E-state index contributed by atoms with van der Waals surface area (Å²) in [5, 5.41) is 18.7. The lowest BCUT2D eigenvalue weighted by molar-refractivity contribution is 0.879. The first-order chi connectivity index (χ1) is 21.8. The first kappa shape index (κ1) is 24.9. The number of thiophene rings is 1. The van der Waals surface area contributed by atoms with Gasteiger partial charge in [0.2, 0.25) is 0 Å². The molecule has 0 aliphatic rings. The van der Waals surface area contributed by atoms with Gasteiger partial charge in [0.05, 0.1) is 5.52 Å². The van der Waals surface area contributed by atoms with Crippen LogP contribution < -0.4 is 0 Å². The summed E-state index contributed by atoms with van der Waals surface area (Å²) in [5.74, 6) is 0. The minimum Gasteiger partial charge on any atom is -0.354 e. The fourth-order valence-corrected chi connectivity index (χ4v) is 7.70. The number of para-hydroxylation sites is 1. The van der Waals surface area contributed by atoms with Gasteiger partial charge in [0.25, 0.3) is 0 Å². The lowest BCUT2D eigenvalue weighted by Crippen LogP contribution is -2.01. The number of benzene rings is 6. The van der Waals surface area contributed by atoms with Crippen LogP contribution in [-0.4, -0.2) is 20.4 Å². The third-order valence-corrected chi connectivity index (χ3v) is 9.62. The number of nitrogens with zero attached hydrogens (tertiary/aromatic N) is 3. The number of nitrogens with one attached hydrogen (secondary N) is 1. The molecule has 44 heavy (non-hydrogen) atoms. The van der Waals surface area contributed by atoms with E-state index in [1.54, 1.807) is 0 Å². The van der Waals surface area contributed by atoms with Crippen LogP contribution in [0.15, 0.2) is 140 Å². The highest BCUT2D eigenvalue weighted by molar-refractivity contribution is 7.25. The molecule has 0 spiro atoms. The molecule has 3 aromatic heterocycles. The molecule has 6 aromatic carbocycles. The Kier molecular flexibility index (Phi) is 5.64. The largest absolute Gasteiger partial charge is 0.354 e. The lowest BCUT2D eigenvalue weighted by Gasteiger charge is -2.17. The van der Waals surface area contributed by atoms with Crippen molar-refractivity contribution in [3.8, 4) is 44.8 Å². The van der Waals surface area contributed by atoms with Gasteiger partial charge in [-0.2, -0.15) is 0 Å². The maximum atomic E-state index is 4.82. The van der Waals surface area contributed by atoms with E-state index in [-0.39, 0.29) is 0 Å². The van der Waals surface area contributed by atoms with Crippen molar-refractivity contribution in [1.82, 2.24) is 20.4 Å². The van der Waals surface area contributed by atoms with Crippen molar-refractivity contribution in [3.63, 3.8) is 0 Å². The predicted octanol–water partition coefficient (Wildman–Crippen LogP) is 10.5. The zero-order chi connectivity index (χ0) is 29.0. The number of rotatable bonds is 4. The van der Waals surface area contributed by atoms with Gasteiger partial charge in [-0.25, -0.2) is 0 Å². The van der Waals surface area contributed by atoms with Crippen LogP contribution in [0.3, 0.4) is 0 Å². The van der Waals surface area contributed by atoms with Crippen molar-refractivity contribution in [2.45, 2.75) is 0 Å². The molecule has 4 nitrogen and oxygen atoms in total. The second kappa shape index (κ2) is 9.97. The van der Waals surface area contributed by atoms with Crippen LogP contribution in [0.25, 0.3) is 86.7 Å². The van der Waals surface area contributed by atoms with Gasteiger partial charge in [-0.3, -0.25) is 0 Å². The summed E-state index contributed by atoms with van der Waals surface area (Å²) in [6.07, 6.45) is 0. The Hall–Kier alpha value is -5.65. The van der Waals surface area contributed by atoms with Gasteiger partial charge in [-0.15, -0.1) is 21.5 Å². The number of H-pyrrole nitrogens is 1. The van der Waals surface area contributed by atoms with E-state index in [0.29, 0.717) is 0 Å². The normalized spacial score (nSPS) is 11.6. The third-order valence-electron chi connectivity index (χ3n) is 8.48. The van der Waals surface area contributed by atoms with E-state index in [1.165, 1.54) is 36.5 Å². The summed E-state index contributed by atoms with van der Waals surface area (Å²) < 4.78 is 2.54. The standard InChI is InChI=1S/C39H24N4S/c1-3-12-24(13-4-1)34-37(25-14-5-2-6-15-25)41-43-42-39(34)30-23-22-27-26-16-7-9-19-31(26)40-38(27)36(30)29-18-11-21-33-35(29)28-17-8-10-20-32(28)44-33/h1-23,40H. The number of hydrogen-bond acceptors (Lipinski definition) is 4. The van der Waals surface area contributed by atoms with Crippen molar-refractivity contribution in [2.24, 2.45) is 0 Å². The number of fused-ring (bicyclic) bond motifs is 6. The molecule has 9 aromatic rings. The second-order valence-electron chi connectivity index (χ2n) is 11.0. The minimum absolute atomic E-state index is 0.803. The Balaban J connectivity index is 1.45. The molecule has 0 amide bonds. The number of aromatic amines is 1. The van der Waals surface area contributed by atoms with E-state index < -0.39 is 0 Å². The molecule has 0 radical (unpaired) electrons. The van der Waals surface area contributed by atoms with Gasteiger partial charge in [0, 0.05) is 58.7 Å². The monoisotopic (exact) mass is 580 g/mol. The smallest absolute Gasteiger partial charge is 0.105 e. The summed E-state index contributed by atoms with van der Waals surface area (Å²) in [7, 11) is 0. The van der Waals surface area contributed by atoms with Crippen LogP contribution >= 0.6 is 11.3 Å². The Morgan fingerprint density at radius 1 is 0.455 bits per heavy atom. The molecule has 0 fully saturated rings. The first-order valence-corrected chi connectivity index (χ1v) is 15.5. The maximum absolute atomic E-state index is 4.82. The highest BCUT2D eigenvalue weighted by atomic mass is 32.1. The van der Waals surface area contributed by atoms with E-state index in [0.717, 1.165) is 50.2 Å². The summed E-state index contributed by atoms with van der Waals surface area (Å²) in [6.45, 7) is 0. The van der Waals surface area contributed by atoms with Crippen LogP contribution in [0.2, 0.25) is 0 Å². The molecule has 5 heteroatoms. The summed E-state index contributed by atoms with van der Waals surface area (Å²) in [6, 6.07) is 49.0. The highest BCUT2D eigenvalue weighted by Gasteiger charge is 2.24. The van der Waals surface area contributed by atoms with Crippen molar-refractivity contribution in [3.05, 3.63) is 140 Å². The lowest BCUT2D eigenvalue weighted by atomic mass is 9.88. The van der Waals surface area contributed by atoms with Gasteiger partial charge < -0.3 is 4.98 Å². The van der Waals surface area contributed by atoms with Gasteiger partial charge in [0.15, 0.2) is 0 Å². The highest BCUT2D eigenvalue weighted by Crippen LogP contribution is 2.48. The van der Waals surface area contributed by atoms with Gasteiger partial charge >= 0.3 is 0 Å². The molecule has 3 heterocycles. The van der Waals surface area contributed by atoms with Crippen LogP contribution in [0.1, 0.15) is 0 Å². The fraction of sp³-hybridized carbons (Fsp3) is 0. The van der Waals surface area contributed by atoms with Crippen LogP contribution in [0.4, 0.5) is 0 Å². The van der Waals surface area contributed by atoms with Crippen LogP contribution in [0, 0.1) is 0 Å². The summed E-state index contributed by atoms with van der Waals surface area (Å²) in [4.78, 5) is 3.81. The molecular formula is C39H24N4S. The Morgan fingerprint density at radius 2 is 1.14 bits per heavy atom. The van der Waals surface area contributed by atoms with Gasteiger partial charge in [0.1, 0.15) is 11.4 Å². The fourth-order valence-electron chi connectivity index (χ4n) is 6.57. The molecule has 0 atom stereocenters. The van der Waals surface area contributed by atoms with Crippen molar-refractivity contribution >= 4 is 53.3 Å². The summed E-state index contributed by atoms with van der Waals surface area (Å²) >= 11 is 1.83. The van der Waals surface area contributed by atoms with E-state index >= 15 is 0 Å². The molecule has 0 bridgehead atoms. The minimum atomic E-state index is 0.803. The molecule has 0 unspecified atom stereocenters. The van der Waals surface area contributed by atoms with Crippen molar-refractivity contribution in [1.29, 1.82) is 0 Å². The molecule has 0 saturated carbocycles. The van der Waals surface area contributed by atoms with Gasteiger partial charge in [-0.05, 0) is 34.5 Å². The average molecular weight is 581 g/mol. The molecular weight excluding hydrogens is 557 g/mol. The zero-order valence-electron chi connectivity index (χ0n) is 23.5. The van der Waals surface area contributed by atoms with Crippen molar-refractivity contribution < 1.29 is 0 Å². The van der Waals surface area contributed by atoms with E-state index in [1.807, 2.05) is 35.6 Å². The number of aromatic nitrogens is 4. The predicted molar refractivity (Wildman–Crippen MR) is 184 cm³/mol. The van der Waals surface area contributed by atoms with E-state index in [9.17, 15) is 0 Å². The molecule has 1 N–H and O–H groups in total. The maximum Gasteiger partial charge on any atom is 0.105 e. The van der Waals surface area contributed by atoms with Crippen molar-refractivity contribution in [2.75, 3.05) is 0 Å².